The van der Waals surface area contributed by atoms with Crippen LogP contribution in [0.1, 0.15) is 80.1 Å². The topological polar surface area (TPSA) is 215 Å². The molecular formula is C51H59BN7O12S2+. The average Bonchev–Trinajstić information content (AvgIpc) is 3.87. The van der Waals surface area contributed by atoms with E-state index in [0.29, 0.717) is 22.8 Å². The number of nitrogens with one attached hydrogen (secondary N) is 3. The zero-order valence-electron chi connectivity index (χ0n) is 41.5. The van der Waals surface area contributed by atoms with Crippen molar-refractivity contribution in [1.82, 2.24) is 20.5 Å². The Hall–Kier alpha value is -6.78. The lowest BCUT2D eigenvalue weighted by atomic mass is 9.93. The smallest absolute Gasteiger partial charge is 0.413 e. The minimum Gasteiger partial charge on any atom is -0.543 e. The summed E-state index contributed by atoms with van der Waals surface area (Å²) < 4.78 is 33.6. The summed E-state index contributed by atoms with van der Waals surface area (Å²) >= 11 is 2.59. The highest BCUT2D eigenvalue weighted by Gasteiger charge is 2.54. The van der Waals surface area contributed by atoms with E-state index in [1.807, 2.05) is 60.8 Å². The summed E-state index contributed by atoms with van der Waals surface area (Å²) in [7, 11) is 10.4. The summed E-state index contributed by atoms with van der Waals surface area (Å²) in [4.78, 5) is 77.0. The molecule has 1 aromatic heterocycles. The largest absolute Gasteiger partial charge is 0.543 e. The third kappa shape index (κ3) is 12.7. The first-order chi connectivity index (χ1) is 35.0. The molecule has 0 saturated carbocycles. The van der Waals surface area contributed by atoms with Crippen LogP contribution >= 0.6 is 23.1 Å². The van der Waals surface area contributed by atoms with E-state index in [0.717, 1.165) is 76.2 Å². The van der Waals surface area contributed by atoms with Gasteiger partial charge in [0, 0.05) is 54.6 Å². The van der Waals surface area contributed by atoms with Gasteiger partial charge in [-0.05, 0) is 68.3 Å². The van der Waals surface area contributed by atoms with Crippen molar-refractivity contribution >= 4 is 71.8 Å². The van der Waals surface area contributed by atoms with E-state index in [1.54, 1.807) is 63.8 Å². The SMILES string of the molecule is [B]OC(=O)CCO/N=C(\C(=O)N[C@@H]1C(=O)N2C=C(C[N+]3(C)[C@@H]4CC[C@H]3CC(NC(=O)c3cccc(OCc5ccc(OC)cc5)c3OCc3ccc(OC)cc3)C4)CS[C@H]12)c1csc(NC(=O)OC(C)(C)C)n1. The van der Waals surface area contributed by atoms with Gasteiger partial charge < -0.3 is 53.2 Å². The molecule has 73 heavy (non-hydrogen) atoms. The molecule has 3 fully saturated rings. The van der Waals surface area contributed by atoms with Crippen LogP contribution in [0.4, 0.5) is 9.93 Å². The van der Waals surface area contributed by atoms with Crippen LogP contribution in [0.25, 0.3) is 0 Å². The molecule has 2 radical (unpaired) electrons. The third-order valence-corrected chi connectivity index (χ3v) is 15.3. The average molecular weight is 1040 g/mol. The number of nitrogens with zero attached hydrogens (tertiary/aromatic N) is 4. The van der Waals surface area contributed by atoms with Gasteiger partial charge in [0.1, 0.15) is 60.6 Å². The molecule has 8 rings (SSSR count). The molecule has 0 aliphatic carbocycles. The number of carbonyl (C=O) groups excluding carboxylic acids is 5. The molecule has 384 valence electrons. The molecule has 2 bridgehead atoms. The summed E-state index contributed by atoms with van der Waals surface area (Å²) in [6.45, 7) is 6.11. The summed E-state index contributed by atoms with van der Waals surface area (Å²) in [6.07, 6.45) is 4.55. The van der Waals surface area contributed by atoms with Gasteiger partial charge in [-0.1, -0.05) is 35.5 Å². The van der Waals surface area contributed by atoms with Crippen molar-refractivity contribution in [2.75, 3.05) is 45.5 Å². The van der Waals surface area contributed by atoms with Gasteiger partial charge in [0.15, 0.2) is 22.3 Å². The second-order valence-corrected chi connectivity index (χ2v) is 21.3. The van der Waals surface area contributed by atoms with Crippen LogP contribution in [0.15, 0.2) is 89.0 Å². The fourth-order valence-electron chi connectivity index (χ4n) is 9.53. The zero-order chi connectivity index (χ0) is 51.9. The van der Waals surface area contributed by atoms with E-state index in [1.165, 1.54) is 5.38 Å². The zero-order valence-corrected chi connectivity index (χ0v) is 43.2. The van der Waals surface area contributed by atoms with E-state index in [-0.39, 0.29) is 78.1 Å². The highest BCUT2D eigenvalue weighted by molar-refractivity contribution is 8.00. The number of piperidine rings is 1. The van der Waals surface area contributed by atoms with Crippen LogP contribution < -0.4 is 34.9 Å². The van der Waals surface area contributed by atoms with Gasteiger partial charge in [0.25, 0.3) is 23.7 Å². The number of carbonyl (C=O) groups is 5. The number of para-hydroxylation sites is 1. The molecule has 4 aliphatic heterocycles. The van der Waals surface area contributed by atoms with Crippen molar-refractivity contribution < 1.29 is 61.6 Å². The fourth-order valence-corrected chi connectivity index (χ4v) is 11.5. The number of rotatable bonds is 20. The molecule has 3 saturated heterocycles. The van der Waals surface area contributed by atoms with Gasteiger partial charge in [-0.2, -0.15) is 0 Å². The normalized spacial score (nSPS) is 22.1. The van der Waals surface area contributed by atoms with Crippen molar-refractivity contribution in [3.8, 4) is 23.0 Å². The van der Waals surface area contributed by atoms with Gasteiger partial charge in [0.2, 0.25) is 0 Å². The van der Waals surface area contributed by atoms with E-state index >= 15 is 0 Å². The maximum absolute atomic E-state index is 14.3. The number of benzene rings is 3. The van der Waals surface area contributed by atoms with Gasteiger partial charge in [-0.25, -0.2) is 9.78 Å². The van der Waals surface area contributed by atoms with Crippen LogP contribution in [0.2, 0.25) is 0 Å². The summed E-state index contributed by atoms with van der Waals surface area (Å²) in [5.41, 5.74) is 2.37. The molecule has 6 atom stereocenters. The van der Waals surface area contributed by atoms with E-state index in [2.05, 4.69) is 37.8 Å². The molecule has 19 nitrogen and oxygen atoms in total. The number of amides is 4. The first-order valence-electron chi connectivity index (χ1n) is 23.8. The predicted molar refractivity (Wildman–Crippen MR) is 273 cm³/mol. The molecule has 3 aromatic carbocycles. The molecule has 3 N–H and O–H groups in total. The van der Waals surface area contributed by atoms with Crippen molar-refractivity contribution in [1.29, 1.82) is 0 Å². The Kier molecular flexibility index (Phi) is 16.5. The minimum atomic E-state index is -0.861. The molecular weight excluding hydrogens is 978 g/mol. The highest BCUT2D eigenvalue weighted by Crippen LogP contribution is 2.44. The van der Waals surface area contributed by atoms with Crippen LogP contribution in [0.3, 0.4) is 0 Å². The monoisotopic (exact) mass is 1040 g/mol. The van der Waals surface area contributed by atoms with Crippen molar-refractivity contribution in [2.45, 2.75) is 101 Å². The standard InChI is InChI=1S/C51H58BN7O12S2/c1-51(2,3)70-50(64)56-49-54-39(29-73-49)42(57-69-21-20-41(60)71-52)46(62)55-43-47(63)58-24-32(28-72-48(43)58)25-59(4)34-14-15-35(59)23-33(22-34)53-45(61)38-8-7-9-40(67-26-30-10-16-36(65-5)17-11-30)44(38)68-27-31-12-18-37(66-6)19-13-31/h7-13,16-19,24,29,33-35,43,48H,14-15,20-23,25-28H2,1-6H3,(H2-,53,54,55,56,61,62,64)/p+1/b57-42-/t33?,34-,35+,43-,48-,59?/m1/s1. The third-order valence-electron chi connectivity index (χ3n) is 13.2. The first-order valence-corrected chi connectivity index (χ1v) is 25.8. The van der Waals surface area contributed by atoms with Gasteiger partial charge in [-0.3, -0.25) is 24.5 Å². The minimum absolute atomic E-state index is 0.0617. The number of likely N-dealkylation sites (N-methyl/N-ethyl adjacent to an activating group) is 1. The number of quaternary nitrogens is 1. The number of hydrogen-bond acceptors (Lipinski definition) is 16. The summed E-state index contributed by atoms with van der Waals surface area (Å²) in [5.74, 6) is 0.937. The Labute approximate surface area is 433 Å². The van der Waals surface area contributed by atoms with E-state index in [9.17, 15) is 24.0 Å². The Morgan fingerprint density at radius 2 is 1.56 bits per heavy atom. The second kappa shape index (κ2) is 23.0. The molecule has 4 aliphatic rings. The first kappa shape index (κ1) is 52.5. The number of β-lactam (4-membered cyclic amide) rings is 1. The summed E-state index contributed by atoms with van der Waals surface area (Å²) in [5, 5.41) is 13.9. The van der Waals surface area contributed by atoms with Crippen molar-refractivity contribution in [3.63, 3.8) is 0 Å². The van der Waals surface area contributed by atoms with Gasteiger partial charge in [-0.15, -0.1) is 23.1 Å². The molecule has 4 amide bonds. The Bertz CT molecular complexity index is 2720. The Morgan fingerprint density at radius 3 is 2.19 bits per heavy atom. The Morgan fingerprint density at radius 1 is 0.904 bits per heavy atom. The molecule has 4 aromatic rings. The highest BCUT2D eigenvalue weighted by atomic mass is 32.2. The number of ether oxygens (including phenoxy) is 5. The molecule has 2 unspecified atom stereocenters. The number of thioether (sulfide) groups is 1. The maximum Gasteiger partial charge on any atom is 0.413 e. The fraction of sp³-hybridized carbons (Fsp3) is 0.431. The number of fused-ring (bicyclic) bond motifs is 3. The lowest BCUT2D eigenvalue weighted by Crippen LogP contribution is -2.69. The van der Waals surface area contributed by atoms with E-state index in [4.69, 9.17) is 36.6 Å². The van der Waals surface area contributed by atoms with E-state index < -0.39 is 29.6 Å². The lowest BCUT2D eigenvalue weighted by molar-refractivity contribution is -0.944. The number of hydrogen-bond donors (Lipinski definition) is 3. The lowest BCUT2D eigenvalue weighted by Gasteiger charge is -2.50. The number of anilines is 1. The second-order valence-electron chi connectivity index (χ2n) is 19.3. The Balaban J connectivity index is 0.895. The number of oxime groups is 1. The maximum atomic E-state index is 14.3. The number of thiazole rings is 1. The predicted octanol–water partition coefficient (Wildman–Crippen LogP) is 6.26. The molecule has 5 heterocycles. The number of methoxy groups -OCH3 is 2. The quantitative estimate of drug-likeness (QED) is 0.0223. The van der Waals surface area contributed by atoms with Gasteiger partial charge >= 0.3 is 14.1 Å². The van der Waals surface area contributed by atoms with Gasteiger partial charge in [0.05, 0.1) is 45.3 Å². The molecule has 22 heteroatoms. The number of aromatic nitrogens is 1. The summed E-state index contributed by atoms with van der Waals surface area (Å²) in [6, 6.07) is 20.2. The van der Waals surface area contributed by atoms with Crippen molar-refractivity contribution in [2.24, 2.45) is 5.16 Å². The van der Waals surface area contributed by atoms with Crippen LogP contribution in [-0.2, 0) is 41.8 Å². The van der Waals surface area contributed by atoms with Crippen LogP contribution in [-0.4, -0.2) is 133 Å². The van der Waals surface area contributed by atoms with Crippen molar-refractivity contribution in [3.05, 3.63) is 106 Å². The van der Waals surface area contributed by atoms with Crippen LogP contribution in [0, 0.1) is 0 Å². The molecule has 0 spiro atoms. The van der Waals surface area contributed by atoms with Crippen LogP contribution in [0.5, 0.6) is 23.0 Å².